The predicted octanol–water partition coefficient (Wildman–Crippen LogP) is 1.43. The highest BCUT2D eigenvalue weighted by atomic mass is 16.2. The molecule has 1 aromatic carbocycles. The van der Waals surface area contributed by atoms with Crippen LogP contribution in [-0.2, 0) is 0 Å². The van der Waals surface area contributed by atoms with Crippen molar-refractivity contribution in [3.8, 4) is 0 Å². The van der Waals surface area contributed by atoms with Crippen LogP contribution in [-0.4, -0.2) is 36.5 Å². The molecule has 1 amide bonds. The summed E-state index contributed by atoms with van der Waals surface area (Å²) >= 11 is 0. The van der Waals surface area contributed by atoms with Gasteiger partial charge in [-0.25, -0.2) is 0 Å². The summed E-state index contributed by atoms with van der Waals surface area (Å²) in [5.41, 5.74) is 1.98. The highest BCUT2D eigenvalue weighted by Gasteiger charge is 2.39. The van der Waals surface area contributed by atoms with Gasteiger partial charge in [-0.15, -0.1) is 0 Å². The fourth-order valence-corrected chi connectivity index (χ4v) is 3.05. The number of nitrogens with zero attached hydrogens (tertiary/aromatic N) is 1. The molecule has 2 fully saturated rings. The van der Waals surface area contributed by atoms with E-state index in [4.69, 9.17) is 0 Å². The number of carbonyl (C=O) groups excluding carboxylic acids is 1. The summed E-state index contributed by atoms with van der Waals surface area (Å²) in [5, 5.41) is 3.38. The van der Waals surface area contributed by atoms with E-state index in [1.54, 1.807) is 0 Å². The van der Waals surface area contributed by atoms with Gasteiger partial charge in [0.05, 0.1) is 0 Å². The number of hydrogen-bond donors (Lipinski definition) is 1. The first-order valence-electron chi connectivity index (χ1n) is 6.34. The van der Waals surface area contributed by atoms with E-state index in [0.29, 0.717) is 12.0 Å². The van der Waals surface area contributed by atoms with E-state index in [9.17, 15) is 4.79 Å². The molecule has 2 atom stereocenters. The van der Waals surface area contributed by atoms with Crippen LogP contribution in [0, 0.1) is 12.8 Å². The Hall–Kier alpha value is -1.35. The van der Waals surface area contributed by atoms with Gasteiger partial charge >= 0.3 is 0 Å². The molecule has 0 aliphatic carbocycles. The van der Waals surface area contributed by atoms with Crippen LogP contribution in [0.15, 0.2) is 24.3 Å². The van der Waals surface area contributed by atoms with E-state index in [2.05, 4.69) is 10.2 Å². The van der Waals surface area contributed by atoms with Crippen LogP contribution in [0.3, 0.4) is 0 Å². The van der Waals surface area contributed by atoms with Crippen molar-refractivity contribution in [3.05, 3.63) is 35.4 Å². The van der Waals surface area contributed by atoms with E-state index in [-0.39, 0.29) is 5.91 Å². The zero-order valence-electron chi connectivity index (χ0n) is 10.1. The lowest BCUT2D eigenvalue weighted by molar-refractivity contribution is 0.0737. The zero-order valence-corrected chi connectivity index (χ0v) is 10.1. The molecule has 2 heterocycles. The third kappa shape index (κ3) is 1.84. The quantitative estimate of drug-likeness (QED) is 0.791. The molecule has 2 aliphatic rings. The van der Waals surface area contributed by atoms with E-state index in [1.807, 2.05) is 31.2 Å². The Morgan fingerprint density at radius 1 is 1.41 bits per heavy atom. The molecule has 0 aromatic heterocycles. The van der Waals surface area contributed by atoms with Crippen molar-refractivity contribution in [3.63, 3.8) is 0 Å². The molecule has 17 heavy (non-hydrogen) atoms. The topological polar surface area (TPSA) is 32.3 Å². The molecule has 3 rings (SSSR count). The van der Waals surface area contributed by atoms with Gasteiger partial charge < -0.3 is 10.2 Å². The van der Waals surface area contributed by atoms with Crippen molar-refractivity contribution in [2.75, 3.05) is 19.6 Å². The Bertz CT molecular complexity index is 444. The highest BCUT2D eigenvalue weighted by molar-refractivity contribution is 5.94. The van der Waals surface area contributed by atoms with Gasteiger partial charge in [0, 0.05) is 31.2 Å². The number of benzene rings is 1. The summed E-state index contributed by atoms with van der Waals surface area (Å²) in [7, 11) is 0. The van der Waals surface area contributed by atoms with Crippen molar-refractivity contribution >= 4 is 5.91 Å². The standard InChI is InChI=1S/C14H18N2O/c1-10-3-2-4-11(7-10)14(17)16-6-5-12-8-15-9-13(12)16/h2-4,7,12-13,15H,5-6,8-9H2,1H3/t12-,13+/m1/s1. The number of rotatable bonds is 1. The van der Waals surface area contributed by atoms with Crippen molar-refractivity contribution < 1.29 is 4.79 Å². The largest absolute Gasteiger partial charge is 0.334 e. The molecular weight excluding hydrogens is 212 g/mol. The van der Waals surface area contributed by atoms with Crippen molar-refractivity contribution in [2.24, 2.45) is 5.92 Å². The molecule has 0 spiro atoms. The maximum Gasteiger partial charge on any atom is 0.254 e. The second-order valence-corrected chi connectivity index (χ2v) is 5.14. The zero-order chi connectivity index (χ0) is 11.8. The molecule has 1 aromatic rings. The van der Waals surface area contributed by atoms with Crippen LogP contribution in [0.5, 0.6) is 0 Å². The lowest BCUT2D eigenvalue weighted by Gasteiger charge is -2.23. The predicted molar refractivity (Wildman–Crippen MR) is 67.0 cm³/mol. The smallest absolute Gasteiger partial charge is 0.254 e. The minimum atomic E-state index is 0.199. The maximum atomic E-state index is 12.4. The summed E-state index contributed by atoms with van der Waals surface area (Å²) < 4.78 is 0. The van der Waals surface area contributed by atoms with E-state index < -0.39 is 0 Å². The first kappa shape index (κ1) is 10.8. The summed E-state index contributed by atoms with van der Waals surface area (Å²) in [6.45, 7) is 4.98. The monoisotopic (exact) mass is 230 g/mol. The van der Waals surface area contributed by atoms with Crippen LogP contribution in [0.25, 0.3) is 0 Å². The molecule has 1 N–H and O–H groups in total. The Kier molecular flexibility index (Phi) is 2.63. The van der Waals surface area contributed by atoms with Crippen LogP contribution in [0.2, 0.25) is 0 Å². The third-order valence-electron chi connectivity index (χ3n) is 3.97. The average molecular weight is 230 g/mol. The van der Waals surface area contributed by atoms with Crippen LogP contribution in [0.4, 0.5) is 0 Å². The molecule has 90 valence electrons. The summed E-state index contributed by atoms with van der Waals surface area (Å²) in [5.74, 6) is 0.869. The van der Waals surface area contributed by atoms with Crippen LogP contribution < -0.4 is 5.32 Å². The normalized spacial score (nSPS) is 27.2. The van der Waals surface area contributed by atoms with Crippen LogP contribution in [0.1, 0.15) is 22.3 Å². The van der Waals surface area contributed by atoms with Gasteiger partial charge in [0.1, 0.15) is 0 Å². The summed E-state index contributed by atoms with van der Waals surface area (Å²) in [4.78, 5) is 14.5. The average Bonchev–Trinajstić information content (AvgIpc) is 2.89. The number of amides is 1. The van der Waals surface area contributed by atoms with Crippen molar-refractivity contribution in [1.82, 2.24) is 10.2 Å². The second kappa shape index (κ2) is 4.15. The number of likely N-dealkylation sites (tertiary alicyclic amines) is 1. The lowest BCUT2D eigenvalue weighted by Crippen LogP contribution is -2.39. The lowest BCUT2D eigenvalue weighted by atomic mass is 10.0. The summed E-state index contributed by atoms with van der Waals surface area (Å²) in [6, 6.07) is 8.32. The molecule has 0 saturated carbocycles. The van der Waals surface area contributed by atoms with Gasteiger partial charge in [-0.05, 0) is 31.4 Å². The molecule has 2 aliphatic heterocycles. The number of hydrogen-bond acceptors (Lipinski definition) is 2. The third-order valence-corrected chi connectivity index (χ3v) is 3.97. The first-order chi connectivity index (χ1) is 8.25. The van der Waals surface area contributed by atoms with Gasteiger partial charge in [-0.2, -0.15) is 0 Å². The van der Waals surface area contributed by atoms with Gasteiger partial charge in [-0.3, -0.25) is 4.79 Å². The number of nitrogens with one attached hydrogen (secondary N) is 1. The van der Waals surface area contributed by atoms with E-state index >= 15 is 0 Å². The van der Waals surface area contributed by atoms with Crippen molar-refractivity contribution in [2.45, 2.75) is 19.4 Å². The van der Waals surface area contributed by atoms with Crippen molar-refractivity contribution in [1.29, 1.82) is 0 Å². The Labute approximate surface area is 102 Å². The molecule has 3 heteroatoms. The number of fused-ring (bicyclic) bond motifs is 1. The fraction of sp³-hybridized carbons (Fsp3) is 0.500. The molecule has 3 nitrogen and oxygen atoms in total. The minimum Gasteiger partial charge on any atom is -0.334 e. The van der Waals surface area contributed by atoms with Crippen LogP contribution >= 0.6 is 0 Å². The highest BCUT2D eigenvalue weighted by Crippen LogP contribution is 2.28. The van der Waals surface area contributed by atoms with Gasteiger partial charge in [-0.1, -0.05) is 17.7 Å². The van der Waals surface area contributed by atoms with Gasteiger partial charge in [0.15, 0.2) is 0 Å². The Morgan fingerprint density at radius 3 is 3.12 bits per heavy atom. The molecular formula is C14H18N2O. The number of aryl methyl sites for hydroxylation is 1. The van der Waals surface area contributed by atoms with Gasteiger partial charge in [0.25, 0.3) is 5.91 Å². The van der Waals surface area contributed by atoms with E-state index in [0.717, 1.165) is 37.2 Å². The number of carbonyl (C=O) groups is 1. The SMILES string of the molecule is Cc1cccc(C(=O)N2CC[C@@H]3CNC[C@@H]32)c1. The minimum absolute atomic E-state index is 0.199. The maximum absolute atomic E-state index is 12.4. The second-order valence-electron chi connectivity index (χ2n) is 5.14. The first-order valence-corrected chi connectivity index (χ1v) is 6.34. The fourth-order valence-electron chi connectivity index (χ4n) is 3.05. The van der Waals surface area contributed by atoms with E-state index in [1.165, 1.54) is 0 Å². The Balaban J connectivity index is 1.83. The van der Waals surface area contributed by atoms with Gasteiger partial charge in [0.2, 0.25) is 0 Å². The molecule has 0 unspecified atom stereocenters. The molecule has 0 bridgehead atoms. The summed E-state index contributed by atoms with van der Waals surface area (Å²) in [6.07, 6.45) is 1.15. The molecule has 0 radical (unpaired) electrons. The molecule has 2 saturated heterocycles. The Morgan fingerprint density at radius 2 is 2.29 bits per heavy atom.